The third kappa shape index (κ3) is 11.4. The molecule has 4 heteroatoms. The number of hydrogen-bond donors (Lipinski definition) is 2. The molecule has 2 N–H and O–H groups in total. The smallest absolute Gasteiger partial charge is 0.144 e. The Kier molecular flexibility index (Phi) is 15.6. The van der Waals surface area contributed by atoms with Crippen molar-refractivity contribution in [3.8, 4) is 0 Å². The molecule has 0 aromatic carbocycles. The lowest BCUT2D eigenvalue weighted by atomic mass is 9.54. The summed E-state index contributed by atoms with van der Waals surface area (Å²) < 4.78 is 4.31. The molecule has 2 fully saturated rings. The van der Waals surface area contributed by atoms with E-state index in [9.17, 15) is 5.11 Å². The van der Waals surface area contributed by atoms with Gasteiger partial charge in [0.2, 0.25) is 0 Å². The highest BCUT2D eigenvalue weighted by atomic mass is 79.9. The minimum Gasteiger partial charge on any atom is -0.390 e. The molecule has 0 bridgehead atoms. The fourth-order valence-electron chi connectivity index (χ4n) is 6.81. The Balaban J connectivity index is 0.00000111. The van der Waals surface area contributed by atoms with Crippen LogP contribution in [0.3, 0.4) is 0 Å². The number of ether oxygens (including phenoxy) is 1. The number of halogens is 1. The summed E-state index contributed by atoms with van der Waals surface area (Å²) >= 11 is 2.93. The van der Waals surface area contributed by atoms with Gasteiger partial charge in [0, 0.05) is 0 Å². The molecule has 0 heterocycles. The van der Waals surface area contributed by atoms with Gasteiger partial charge in [0.1, 0.15) is 12.3 Å². The third-order valence-electron chi connectivity index (χ3n) is 9.08. The zero-order valence-corrected chi connectivity index (χ0v) is 25.5. The van der Waals surface area contributed by atoms with Gasteiger partial charge in [0.05, 0.1) is 5.60 Å². The molecule has 3 nitrogen and oxygen atoms in total. The monoisotopic (exact) mass is 556 g/mol. The number of aliphatic hydroxyl groups excluding tert-OH is 1. The number of hydrogen-bond acceptors (Lipinski definition) is 3. The van der Waals surface area contributed by atoms with E-state index in [2.05, 4.69) is 61.0 Å². The van der Waals surface area contributed by atoms with Crippen molar-refractivity contribution in [2.75, 3.05) is 12.3 Å². The second-order valence-corrected chi connectivity index (χ2v) is 12.7. The molecule has 3 unspecified atom stereocenters. The minimum atomic E-state index is -0.524. The van der Waals surface area contributed by atoms with Crippen molar-refractivity contribution in [1.29, 1.82) is 0 Å². The van der Waals surface area contributed by atoms with Crippen LogP contribution in [0, 0.1) is 29.1 Å². The Bertz CT molecular complexity index is 621. The standard InChI is InChI=1S/C29H52O.C2H5BrO2/c1-8-13-27(23(3)15-11-20-28(5,6)30)29(7)21-12-17-26(24(29)4)19-18-25-16-10-9-14-22(25)2;3-1-5-2-4/h18,23-24,26-27,30H,2,8-17,19-21H2,1,3-7H3;4H,1-2H2/b25-18-;/t23-,24?,26?,27?,29+;/m1./s1. The number of allylic oxidation sites excluding steroid dienone is 3. The van der Waals surface area contributed by atoms with E-state index in [1.54, 1.807) is 5.57 Å². The number of aliphatic hydroxyl groups is 2. The Labute approximate surface area is 226 Å². The maximum atomic E-state index is 10.1. The summed E-state index contributed by atoms with van der Waals surface area (Å²) in [4.78, 5) is 0. The summed E-state index contributed by atoms with van der Waals surface area (Å²) in [6.45, 7) is 18.1. The molecule has 2 aliphatic carbocycles. The Hall–Kier alpha value is -0.160. The van der Waals surface area contributed by atoms with Crippen LogP contribution in [0.2, 0.25) is 0 Å². The first-order valence-corrected chi connectivity index (χ1v) is 15.5. The summed E-state index contributed by atoms with van der Waals surface area (Å²) in [7, 11) is 0. The van der Waals surface area contributed by atoms with E-state index in [4.69, 9.17) is 5.11 Å². The molecule has 2 rings (SSSR count). The molecule has 2 saturated carbocycles. The molecule has 0 radical (unpaired) electrons. The molecule has 5 atom stereocenters. The van der Waals surface area contributed by atoms with Gasteiger partial charge in [-0.25, -0.2) is 0 Å². The summed E-state index contributed by atoms with van der Waals surface area (Å²) in [5, 5.41) is 17.9. The van der Waals surface area contributed by atoms with Crippen molar-refractivity contribution >= 4 is 15.9 Å². The Morgan fingerprint density at radius 2 is 1.91 bits per heavy atom. The molecule has 206 valence electrons. The average Bonchev–Trinajstić information content (AvgIpc) is 2.79. The SMILES string of the molecule is C=C1CCCC/C1=C/CC1CCC[C@](C)(C(CCC)[C@H](C)CCCC(C)(C)O)C1C.OCOCBr. The predicted molar refractivity (Wildman–Crippen MR) is 155 cm³/mol. The van der Waals surface area contributed by atoms with Gasteiger partial charge >= 0.3 is 0 Å². The zero-order valence-electron chi connectivity index (χ0n) is 23.9. The molecule has 2 aliphatic rings. The quantitative estimate of drug-likeness (QED) is 0.186. The highest BCUT2D eigenvalue weighted by Gasteiger charge is 2.45. The van der Waals surface area contributed by atoms with Crippen LogP contribution in [0.15, 0.2) is 23.8 Å². The van der Waals surface area contributed by atoms with Gasteiger partial charge in [-0.3, -0.25) is 0 Å². The highest BCUT2D eigenvalue weighted by molar-refractivity contribution is 9.09. The largest absolute Gasteiger partial charge is 0.390 e. The van der Waals surface area contributed by atoms with Crippen LogP contribution in [0.25, 0.3) is 0 Å². The minimum absolute atomic E-state index is 0.203. The maximum absolute atomic E-state index is 10.1. The van der Waals surface area contributed by atoms with Crippen LogP contribution in [0.1, 0.15) is 125 Å². The van der Waals surface area contributed by atoms with E-state index >= 15 is 0 Å². The highest BCUT2D eigenvalue weighted by Crippen LogP contribution is 2.54. The summed E-state index contributed by atoms with van der Waals surface area (Å²) in [5.41, 5.74) is 3.32. The van der Waals surface area contributed by atoms with Crippen molar-refractivity contribution in [2.45, 2.75) is 131 Å². The second-order valence-electron chi connectivity index (χ2n) is 12.2. The van der Waals surface area contributed by atoms with Gasteiger partial charge in [-0.15, -0.1) is 0 Å². The van der Waals surface area contributed by atoms with Crippen LogP contribution in [-0.4, -0.2) is 28.1 Å². The Morgan fingerprint density at radius 1 is 1.23 bits per heavy atom. The van der Waals surface area contributed by atoms with Crippen molar-refractivity contribution in [1.82, 2.24) is 0 Å². The molecule has 0 spiro atoms. The van der Waals surface area contributed by atoms with E-state index in [1.165, 1.54) is 76.2 Å². The maximum Gasteiger partial charge on any atom is 0.144 e. The normalized spacial score (nSPS) is 28.4. The molecular weight excluding hydrogens is 500 g/mol. The molecule has 0 amide bonds. The first-order chi connectivity index (χ1) is 16.5. The summed E-state index contributed by atoms with van der Waals surface area (Å²) in [6, 6.07) is 0. The van der Waals surface area contributed by atoms with Gasteiger partial charge in [-0.05, 0) is 106 Å². The lowest BCUT2D eigenvalue weighted by molar-refractivity contribution is -0.0183. The molecular formula is C31H57BrO3. The van der Waals surface area contributed by atoms with Crippen molar-refractivity contribution in [3.63, 3.8) is 0 Å². The molecule has 0 aromatic heterocycles. The topological polar surface area (TPSA) is 49.7 Å². The first-order valence-electron chi connectivity index (χ1n) is 14.3. The summed E-state index contributed by atoms with van der Waals surface area (Å²) in [5.74, 6) is 3.16. The van der Waals surface area contributed by atoms with Crippen LogP contribution < -0.4 is 0 Å². The van der Waals surface area contributed by atoms with Crippen LogP contribution in [-0.2, 0) is 4.74 Å². The van der Waals surface area contributed by atoms with Crippen LogP contribution in [0.4, 0.5) is 0 Å². The number of rotatable bonds is 12. The summed E-state index contributed by atoms with van der Waals surface area (Å²) in [6.07, 6.45) is 19.2. The Morgan fingerprint density at radius 3 is 2.46 bits per heavy atom. The van der Waals surface area contributed by atoms with E-state index in [0.717, 1.165) is 36.5 Å². The van der Waals surface area contributed by atoms with Crippen molar-refractivity contribution in [2.24, 2.45) is 29.1 Å². The van der Waals surface area contributed by atoms with E-state index < -0.39 is 5.60 Å². The van der Waals surface area contributed by atoms with Crippen LogP contribution in [0.5, 0.6) is 0 Å². The van der Waals surface area contributed by atoms with Gasteiger partial charge in [0.25, 0.3) is 0 Å². The van der Waals surface area contributed by atoms with Crippen LogP contribution >= 0.6 is 15.9 Å². The second kappa shape index (κ2) is 16.6. The fourth-order valence-corrected chi connectivity index (χ4v) is 6.95. The lowest BCUT2D eigenvalue weighted by Gasteiger charge is -2.51. The average molecular weight is 558 g/mol. The van der Waals surface area contributed by atoms with E-state index in [-0.39, 0.29) is 6.79 Å². The molecule has 35 heavy (non-hydrogen) atoms. The third-order valence-corrected chi connectivity index (χ3v) is 9.41. The first kappa shape index (κ1) is 32.9. The fraction of sp³-hybridized carbons (Fsp3) is 0.871. The lowest BCUT2D eigenvalue weighted by Crippen LogP contribution is -2.43. The van der Waals surface area contributed by atoms with Gasteiger partial charge in [-0.2, -0.15) is 0 Å². The van der Waals surface area contributed by atoms with Gasteiger partial charge in [-0.1, -0.05) is 87.5 Å². The van der Waals surface area contributed by atoms with E-state index in [1.807, 2.05) is 13.8 Å². The molecule has 0 aliphatic heterocycles. The molecule has 0 saturated heterocycles. The van der Waals surface area contributed by atoms with E-state index in [0.29, 0.717) is 10.9 Å². The number of alkyl halides is 1. The molecule has 0 aromatic rings. The predicted octanol–water partition coefficient (Wildman–Crippen LogP) is 9.17. The van der Waals surface area contributed by atoms with Gasteiger partial charge < -0.3 is 14.9 Å². The van der Waals surface area contributed by atoms with Gasteiger partial charge in [0.15, 0.2) is 0 Å². The zero-order chi connectivity index (χ0) is 26.5. The van der Waals surface area contributed by atoms with Crippen molar-refractivity contribution < 1.29 is 14.9 Å². The van der Waals surface area contributed by atoms with Crippen molar-refractivity contribution in [3.05, 3.63) is 23.8 Å².